The fraction of sp³-hybridized carbons (Fsp3) is 0.0526. The van der Waals surface area contributed by atoms with Crippen molar-refractivity contribution in [2.45, 2.75) is 19.3 Å². The molecule has 61 heavy (non-hydrogen) atoms. The molecule has 0 spiro atoms. The van der Waals surface area contributed by atoms with E-state index in [-0.39, 0.29) is 5.41 Å². The van der Waals surface area contributed by atoms with Gasteiger partial charge in [0.2, 0.25) is 0 Å². The number of nitrogens with zero attached hydrogens (tertiary/aromatic N) is 1. The predicted molar refractivity (Wildman–Crippen MR) is 251 cm³/mol. The average Bonchev–Trinajstić information content (AvgIpc) is 4.04. The molecule has 3 heterocycles. The predicted octanol–water partition coefficient (Wildman–Crippen LogP) is 16.5. The van der Waals surface area contributed by atoms with Gasteiger partial charge in [-0.15, -0.1) is 0 Å². The molecule has 12 aromatic rings. The lowest BCUT2D eigenvalue weighted by atomic mass is 9.82. The van der Waals surface area contributed by atoms with Gasteiger partial charge in [0.1, 0.15) is 33.5 Å². The number of hydrogen-bond acceptors (Lipinski definition) is 4. The third-order valence-electron chi connectivity index (χ3n) is 13.1. The molecule has 0 saturated carbocycles. The summed E-state index contributed by atoms with van der Waals surface area (Å²) >= 11 is 0. The molecule has 0 unspecified atom stereocenters. The monoisotopic (exact) mass is 783 g/mol. The minimum atomic E-state index is -0.144. The molecule has 3 aromatic heterocycles. The molecule has 0 fully saturated rings. The summed E-state index contributed by atoms with van der Waals surface area (Å²) < 4.78 is 19.9. The van der Waals surface area contributed by atoms with Gasteiger partial charge in [-0.3, -0.25) is 0 Å². The maximum Gasteiger partial charge on any atom is 0.143 e. The molecule has 1 aliphatic rings. The van der Waals surface area contributed by atoms with Gasteiger partial charge in [0.25, 0.3) is 0 Å². The number of hydrogen-bond donors (Lipinski definition) is 0. The van der Waals surface area contributed by atoms with Crippen LogP contribution in [0.4, 0.5) is 17.1 Å². The van der Waals surface area contributed by atoms with Crippen molar-refractivity contribution in [3.63, 3.8) is 0 Å². The van der Waals surface area contributed by atoms with Crippen LogP contribution >= 0.6 is 0 Å². The standard InChI is InChI=1S/C57H37NO3/c1-57(2)49-20-8-6-14-41(49)42-28-26-37(30-50(42)57)58(36-24-22-35(23-25-36)40-17-10-18-45-43-15-7-9-21-51(43)60-55(40)45)38-27-29-44-47-32-54-48(33-53(47)59-52(44)31-38)46-19-11-16-39(56(46)61-54)34-12-4-3-5-13-34/h3-33H,1-2H3. The second kappa shape index (κ2) is 12.6. The highest BCUT2D eigenvalue weighted by Crippen LogP contribution is 2.51. The van der Waals surface area contributed by atoms with Gasteiger partial charge in [0.05, 0.1) is 0 Å². The van der Waals surface area contributed by atoms with Gasteiger partial charge in [0, 0.05) is 72.0 Å². The van der Waals surface area contributed by atoms with E-state index in [1.54, 1.807) is 0 Å². The molecule has 1 aliphatic carbocycles. The molecule has 13 rings (SSSR count). The lowest BCUT2D eigenvalue weighted by molar-refractivity contribution is 0.660. The van der Waals surface area contributed by atoms with E-state index in [0.717, 1.165) is 105 Å². The van der Waals surface area contributed by atoms with Crippen LogP contribution in [0.3, 0.4) is 0 Å². The van der Waals surface area contributed by atoms with Gasteiger partial charge >= 0.3 is 0 Å². The van der Waals surface area contributed by atoms with E-state index < -0.39 is 0 Å². The second-order valence-electron chi connectivity index (χ2n) is 16.8. The molecule has 4 heteroatoms. The average molecular weight is 784 g/mol. The first-order chi connectivity index (χ1) is 30.0. The topological polar surface area (TPSA) is 42.7 Å². The number of furan rings is 3. The largest absolute Gasteiger partial charge is 0.456 e. The fourth-order valence-electron chi connectivity index (χ4n) is 10.1. The molecule has 0 bridgehead atoms. The van der Waals surface area contributed by atoms with E-state index in [2.05, 4.69) is 189 Å². The van der Waals surface area contributed by atoms with Gasteiger partial charge in [-0.05, 0) is 88.0 Å². The molecular formula is C57H37NO3. The number of fused-ring (bicyclic) bond motifs is 12. The minimum absolute atomic E-state index is 0.144. The van der Waals surface area contributed by atoms with Crippen molar-refractivity contribution in [2.75, 3.05) is 4.90 Å². The van der Waals surface area contributed by atoms with Crippen molar-refractivity contribution in [3.8, 4) is 33.4 Å². The molecule has 0 aliphatic heterocycles. The highest BCUT2D eigenvalue weighted by Gasteiger charge is 2.36. The Balaban J connectivity index is 0.956. The van der Waals surface area contributed by atoms with Crippen LogP contribution in [0.1, 0.15) is 25.0 Å². The zero-order valence-electron chi connectivity index (χ0n) is 33.6. The van der Waals surface area contributed by atoms with E-state index in [0.29, 0.717) is 0 Å². The van der Waals surface area contributed by atoms with Crippen LogP contribution in [0.5, 0.6) is 0 Å². The third kappa shape index (κ3) is 5.00. The summed E-state index contributed by atoms with van der Waals surface area (Å²) in [4.78, 5) is 2.35. The molecule has 9 aromatic carbocycles. The summed E-state index contributed by atoms with van der Waals surface area (Å²) in [6, 6.07) is 66.9. The smallest absolute Gasteiger partial charge is 0.143 e. The molecule has 4 nitrogen and oxygen atoms in total. The number of rotatable bonds is 5. The molecule has 0 atom stereocenters. The van der Waals surface area contributed by atoms with Crippen molar-refractivity contribution < 1.29 is 13.3 Å². The van der Waals surface area contributed by atoms with Crippen LogP contribution in [-0.2, 0) is 5.41 Å². The first-order valence-corrected chi connectivity index (χ1v) is 20.9. The Labute approximate surface area is 351 Å². The van der Waals surface area contributed by atoms with E-state index >= 15 is 0 Å². The summed E-state index contributed by atoms with van der Waals surface area (Å²) in [5, 5.41) is 6.45. The zero-order valence-corrected chi connectivity index (χ0v) is 33.6. The van der Waals surface area contributed by atoms with Gasteiger partial charge < -0.3 is 18.2 Å². The van der Waals surface area contributed by atoms with Crippen molar-refractivity contribution in [1.82, 2.24) is 0 Å². The molecule has 0 radical (unpaired) electrons. The molecular weight excluding hydrogens is 747 g/mol. The molecule has 0 saturated heterocycles. The Bertz CT molecular complexity index is 3730. The highest BCUT2D eigenvalue weighted by molar-refractivity contribution is 6.17. The van der Waals surface area contributed by atoms with Crippen molar-refractivity contribution in [3.05, 3.63) is 199 Å². The Kier molecular flexibility index (Phi) is 7.04. The van der Waals surface area contributed by atoms with Gasteiger partial charge in [-0.1, -0.05) is 141 Å². The van der Waals surface area contributed by atoms with E-state index in [4.69, 9.17) is 13.3 Å². The summed E-state index contributed by atoms with van der Waals surface area (Å²) in [6.07, 6.45) is 0. The Hall–Kier alpha value is -7.82. The van der Waals surface area contributed by atoms with Crippen LogP contribution in [0.2, 0.25) is 0 Å². The van der Waals surface area contributed by atoms with Crippen LogP contribution in [0, 0.1) is 0 Å². The van der Waals surface area contributed by atoms with Crippen molar-refractivity contribution >= 4 is 82.9 Å². The highest BCUT2D eigenvalue weighted by atomic mass is 16.3. The van der Waals surface area contributed by atoms with Crippen LogP contribution in [0.25, 0.3) is 99.2 Å². The zero-order chi connectivity index (χ0) is 40.4. The minimum Gasteiger partial charge on any atom is -0.456 e. The van der Waals surface area contributed by atoms with Crippen LogP contribution < -0.4 is 4.90 Å². The van der Waals surface area contributed by atoms with Crippen molar-refractivity contribution in [1.29, 1.82) is 0 Å². The first-order valence-electron chi connectivity index (χ1n) is 20.9. The van der Waals surface area contributed by atoms with Gasteiger partial charge in [-0.25, -0.2) is 0 Å². The molecule has 0 N–H and O–H groups in total. The van der Waals surface area contributed by atoms with E-state index in [1.807, 2.05) is 18.2 Å². The third-order valence-corrected chi connectivity index (χ3v) is 13.1. The lowest BCUT2D eigenvalue weighted by Crippen LogP contribution is -2.16. The van der Waals surface area contributed by atoms with E-state index in [9.17, 15) is 0 Å². The van der Waals surface area contributed by atoms with Gasteiger partial charge in [0.15, 0.2) is 0 Å². The number of anilines is 3. The Morgan fingerprint density at radius 3 is 1.66 bits per heavy atom. The summed E-state index contributed by atoms with van der Waals surface area (Å²) in [6.45, 7) is 4.67. The molecule has 0 amide bonds. The lowest BCUT2D eigenvalue weighted by Gasteiger charge is -2.28. The summed E-state index contributed by atoms with van der Waals surface area (Å²) in [7, 11) is 0. The van der Waals surface area contributed by atoms with Crippen LogP contribution in [-0.4, -0.2) is 0 Å². The Morgan fingerprint density at radius 2 is 0.852 bits per heavy atom. The summed E-state index contributed by atoms with van der Waals surface area (Å²) in [5.74, 6) is 0. The second-order valence-corrected chi connectivity index (χ2v) is 16.8. The SMILES string of the molecule is CC1(C)c2ccccc2-c2ccc(N(c3ccc(-c4cccc5c4oc4ccccc45)cc3)c3ccc4c(c3)oc3cc5c(cc34)oc3c(-c4ccccc4)cccc35)cc21. The van der Waals surface area contributed by atoms with Gasteiger partial charge in [-0.2, -0.15) is 0 Å². The normalized spacial score (nSPS) is 13.2. The Morgan fingerprint density at radius 1 is 0.328 bits per heavy atom. The quantitative estimate of drug-likeness (QED) is 0.174. The number of benzene rings is 9. The van der Waals surface area contributed by atoms with Crippen LogP contribution in [0.15, 0.2) is 201 Å². The number of para-hydroxylation sites is 3. The fourth-order valence-corrected chi connectivity index (χ4v) is 10.1. The first kappa shape index (κ1) is 34.1. The van der Waals surface area contributed by atoms with E-state index in [1.165, 1.54) is 22.3 Å². The van der Waals surface area contributed by atoms with Crippen molar-refractivity contribution in [2.24, 2.45) is 0 Å². The maximum atomic E-state index is 6.77. The molecule has 288 valence electrons. The summed E-state index contributed by atoms with van der Waals surface area (Å²) in [5.41, 5.74) is 17.8. The maximum absolute atomic E-state index is 6.77.